The van der Waals surface area contributed by atoms with E-state index in [4.69, 9.17) is 10.5 Å². The minimum absolute atomic E-state index is 0.000764. The van der Waals surface area contributed by atoms with Crippen molar-refractivity contribution in [1.82, 2.24) is 4.90 Å². The molecule has 0 saturated carbocycles. The van der Waals surface area contributed by atoms with Crippen molar-refractivity contribution in [2.45, 2.75) is 12.7 Å². The number of benzene rings is 1. The first-order valence-corrected chi connectivity index (χ1v) is 4.94. The van der Waals surface area contributed by atoms with E-state index in [-0.39, 0.29) is 5.69 Å². The van der Waals surface area contributed by atoms with Gasteiger partial charge in [-0.2, -0.15) is 13.2 Å². The molecule has 3 nitrogen and oxygen atoms in total. The van der Waals surface area contributed by atoms with E-state index in [0.717, 1.165) is 12.1 Å². The van der Waals surface area contributed by atoms with Gasteiger partial charge in [-0.1, -0.05) is 0 Å². The Morgan fingerprint density at radius 2 is 1.88 bits per heavy atom. The molecule has 0 amide bonds. The number of nitrogens with zero attached hydrogens (tertiary/aromatic N) is 1. The molecule has 0 aliphatic heterocycles. The highest BCUT2D eigenvalue weighted by molar-refractivity contribution is 5.59. The van der Waals surface area contributed by atoms with Crippen molar-refractivity contribution in [3.05, 3.63) is 23.3 Å². The van der Waals surface area contributed by atoms with E-state index in [2.05, 4.69) is 0 Å². The van der Waals surface area contributed by atoms with Crippen molar-refractivity contribution in [3.8, 4) is 5.75 Å². The largest absolute Gasteiger partial charge is 0.494 e. The molecular weight excluding hydrogens is 233 g/mol. The van der Waals surface area contributed by atoms with Crippen molar-refractivity contribution >= 4 is 5.69 Å². The molecule has 0 radical (unpaired) electrons. The first-order chi connectivity index (χ1) is 7.75. The maximum absolute atomic E-state index is 12.6. The molecule has 96 valence electrons. The number of hydrogen-bond acceptors (Lipinski definition) is 3. The van der Waals surface area contributed by atoms with Crippen molar-refractivity contribution in [2.24, 2.45) is 0 Å². The zero-order valence-electron chi connectivity index (χ0n) is 9.93. The Hall–Kier alpha value is -1.43. The summed E-state index contributed by atoms with van der Waals surface area (Å²) >= 11 is 0. The van der Waals surface area contributed by atoms with Crippen LogP contribution in [0.3, 0.4) is 0 Å². The maximum Gasteiger partial charge on any atom is 0.416 e. The highest BCUT2D eigenvalue weighted by Gasteiger charge is 2.32. The summed E-state index contributed by atoms with van der Waals surface area (Å²) < 4.78 is 42.9. The van der Waals surface area contributed by atoms with Crippen molar-refractivity contribution in [3.63, 3.8) is 0 Å². The van der Waals surface area contributed by atoms with Crippen LogP contribution < -0.4 is 10.5 Å². The monoisotopic (exact) mass is 248 g/mol. The molecule has 0 aliphatic rings. The predicted octanol–water partition coefficient (Wildman–Crippen LogP) is 2.36. The van der Waals surface area contributed by atoms with Gasteiger partial charge in [0.15, 0.2) is 0 Å². The third-order valence-electron chi connectivity index (χ3n) is 2.21. The molecule has 0 atom stereocenters. The first-order valence-electron chi connectivity index (χ1n) is 4.94. The third kappa shape index (κ3) is 3.26. The molecule has 0 heterocycles. The van der Waals surface area contributed by atoms with Gasteiger partial charge in [-0.15, -0.1) is 0 Å². The minimum Gasteiger partial charge on any atom is -0.494 e. The van der Waals surface area contributed by atoms with Crippen LogP contribution in [0.5, 0.6) is 5.75 Å². The molecule has 6 heteroatoms. The minimum atomic E-state index is -4.40. The SMILES string of the molecule is COc1c(N)cc(C(F)(F)F)cc1CN(C)C. The fraction of sp³-hybridized carbons (Fsp3) is 0.455. The molecule has 0 aromatic heterocycles. The van der Waals surface area contributed by atoms with Gasteiger partial charge in [-0.25, -0.2) is 0 Å². The van der Waals surface area contributed by atoms with E-state index in [0.29, 0.717) is 17.9 Å². The quantitative estimate of drug-likeness (QED) is 0.834. The predicted molar refractivity (Wildman–Crippen MR) is 59.8 cm³/mol. The molecule has 2 N–H and O–H groups in total. The third-order valence-corrected chi connectivity index (χ3v) is 2.21. The summed E-state index contributed by atoms with van der Waals surface area (Å²) in [6.07, 6.45) is -4.40. The van der Waals surface area contributed by atoms with E-state index in [1.165, 1.54) is 7.11 Å². The number of anilines is 1. The van der Waals surface area contributed by atoms with Gasteiger partial charge < -0.3 is 15.4 Å². The zero-order valence-corrected chi connectivity index (χ0v) is 9.93. The fourth-order valence-electron chi connectivity index (χ4n) is 1.58. The number of halogens is 3. The van der Waals surface area contributed by atoms with Gasteiger partial charge in [0.05, 0.1) is 18.4 Å². The molecule has 0 fully saturated rings. The van der Waals surface area contributed by atoms with Gasteiger partial charge in [0.2, 0.25) is 0 Å². The number of rotatable bonds is 3. The second-order valence-corrected chi connectivity index (χ2v) is 3.99. The Balaban J connectivity index is 3.28. The molecule has 0 aliphatic carbocycles. The molecule has 17 heavy (non-hydrogen) atoms. The second-order valence-electron chi connectivity index (χ2n) is 3.99. The normalized spacial score (nSPS) is 11.9. The number of hydrogen-bond donors (Lipinski definition) is 1. The summed E-state index contributed by atoms with van der Waals surface area (Å²) in [4.78, 5) is 1.75. The van der Waals surface area contributed by atoms with E-state index in [1.807, 2.05) is 0 Å². The highest BCUT2D eigenvalue weighted by Crippen LogP contribution is 2.36. The topological polar surface area (TPSA) is 38.5 Å². The lowest BCUT2D eigenvalue weighted by Crippen LogP contribution is -2.14. The Morgan fingerprint density at radius 1 is 1.29 bits per heavy atom. The lowest BCUT2D eigenvalue weighted by atomic mass is 10.1. The van der Waals surface area contributed by atoms with Gasteiger partial charge in [-0.3, -0.25) is 0 Å². The maximum atomic E-state index is 12.6. The second kappa shape index (κ2) is 4.83. The van der Waals surface area contributed by atoms with E-state index in [9.17, 15) is 13.2 Å². The van der Waals surface area contributed by atoms with Crippen LogP contribution >= 0.6 is 0 Å². The van der Waals surface area contributed by atoms with Crippen LogP contribution in [-0.2, 0) is 12.7 Å². The Labute approximate surface area is 98.0 Å². The van der Waals surface area contributed by atoms with Crippen LogP contribution in [0.2, 0.25) is 0 Å². The molecule has 0 bridgehead atoms. The fourth-order valence-corrected chi connectivity index (χ4v) is 1.58. The molecule has 1 aromatic rings. The number of nitrogens with two attached hydrogens (primary N) is 1. The first kappa shape index (κ1) is 13.6. The van der Waals surface area contributed by atoms with Gasteiger partial charge in [0, 0.05) is 12.1 Å². The van der Waals surface area contributed by atoms with Gasteiger partial charge in [0.1, 0.15) is 5.75 Å². The number of nitrogen functional groups attached to an aromatic ring is 1. The summed E-state index contributed by atoms with van der Waals surface area (Å²) in [5.41, 5.74) is 5.23. The standard InChI is InChI=1S/C11H15F3N2O/c1-16(2)6-7-4-8(11(12,13)14)5-9(15)10(7)17-3/h4-5H,6,15H2,1-3H3. The van der Waals surface area contributed by atoms with Crippen LogP contribution in [0.25, 0.3) is 0 Å². The van der Waals surface area contributed by atoms with Gasteiger partial charge >= 0.3 is 6.18 Å². The van der Waals surface area contributed by atoms with E-state index < -0.39 is 11.7 Å². The smallest absolute Gasteiger partial charge is 0.416 e. The average Bonchev–Trinajstić information content (AvgIpc) is 2.14. The summed E-state index contributed by atoms with van der Waals surface area (Å²) in [7, 11) is 4.91. The van der Waals surface area contributed by atoms with Crippen molar-refractivity contribution in [1.29, 1.82) is 0 Å². The van der Waals surface area contributed by atoms with Gasteiger partial charge in [-0.05, 0) is 26.2 Å². The summed E-state index contributed by atoms with van der Waals surface area (Å²) in [6.45, 7) is 0.331. The van der Waals surface area contributed by atoms with E-state index >= 15 is 0 Å². The molecule has 0 unspecified atom stereocenters. The van der Waals surface area contributed by atoms with Crippen LogP contribution in [0.4, 0.5) is 18.9 Å². The Morgan fingerprint density at radius 3 is 2.29 bits per heavy atom. The molecular formula is C11H15F3N2O. The van der Waals surface area contributed by atoms with Gasteiger partial charge in [0.25, 0.3) is 0 Å². The number of methoxy groups -OCH3 is 1. The molecule has 1 aromatic carbocycles. The summed E-state index contributed by atoms with van der Waals surface area (Å²) in [6, 6.07) is 1.95. The van der Waals surface area contributed by atoms with Crippen LogP contribution in [-0.4, -0.2) is 26.1 Å². The van der Waals surface area contributed by atoms with Crippen molar-refractivity contribution in [2.75, 3.05) is 26.9 Å². The summed E-state index contributed by atoms with van der Waals surface area (Å²) in [5.74, 6) is 0.298. The zero-order chi connectivity index (χ0) is 13.2. The van der Waals surface area contributed by atoms with Crippen molar-refractivity contribution < 1.29 is 17.9 Å². The number of alkyl halides is 3. The number of ether oxygens (including phenoxy) is 1. The lowest BCUT2D eigenvalue weighted by Gasteiger charge is -2.17. The average molecular weight is 248 g/mol. The lowest BCUT2D eigenvalue weighted by molar-refractivity contribution is -0.137. The molecule has 0 saturated heterocycles. The highest BCUT2D eigenvalue weighted by atomic mass is 19.4. The Bertz CT molecular complexity index is 402. The Kier molecular flexibility index (Phi) is 3.87. The summed E-state index contributed by atoms with van der Waals surface area (Å²) in [5, 5.41) is 0. The molecule has 1 rings (SSSR count). The molecule has 0 spiro atoms. The van der Waals surface area contributed by atoms with Crippen LogP contribution in [0, 0.1) is 0 Å². The van der Waals surface area contributed by atoms with Crippen LogP contribution in [0.15, 0.2) is 12.1 Å². The van der Waals surface area contributed by atoms with Crippen LogP contribution in [0.1, 0.15) is 11.1 Å². The van der Waals surface area contributed by atoms with E-state index in [1.54, 1.807) is 19.0 Å².